The second-order valence-corrected chi connectivity index (χ2v) is 7.67. The first-order valence-electron chi connectivity index (χ1n) is 8.23. The van der Waals surface area contributed by atoms with Crippen LogP contribution in [0.5, 0.6) is 0 Å². The summed E-state index contributed by atoms with van der Waals surface area (Å²) in [5.74, 6) is 0.397. The Hall–Kier alpha value is -2.72. The average molecular weight is 437 g/mol. The SMILES string of the molecule is Fc1ccc(-c2nnc(SCc3csc(-c4ccc(C(F)(F)F)cc4)n3)o2)cc1. The number of halogens is 4. The normalized spacial score (nSPS) is 11.7. The zero-order chi connectivity index (χ0) is 20.4. The lowest BCUT2D eigenvalue weighted by Crippen LogP contribution is -2.03. The number of hydrogen-bond donors (Lipinski definition) is 0. The van der Waals surface area contributed by atoms with E-state index in [9.17, 15) is 17.6 Å². The Bertz CT molecular complexity index is 1110. The van der Waals surface area contributed by atoms with Gasteiger partial charge in [0.15, 0.2) is 0 Å². The summed E-state index contributed by atoms with van der Waals surface area (Å²) in [4.78, 5) is 4.45. The minimum atomic E-state index is -4.36. The molecule has 0 radical (unpaired) electrons. The van der Waals surface area contributed by atoms with Crippen LogP contribution >= 0.6 is 23.1 Å². The summed E-state index contributed by atoms with van der Waals surface area (Å²) in [7, 11) is 0. The number of benzene rings is 2. The van der Waals surface area contributed by atoms with Gasteiger partial charge in [0, 0.05) is 22.3 Å². The highest BCUT2D eigenvalue weighted by molar-refractivity contribution is 7.98. The third-order valence-electron chi connectivity index (χ3n) is 3.85. The van der Waals surface area contributed by atoms with Gasteiger partial charge in [-0.05, 0) is 36.4 Å². The fourth-order valence-corrected chi connectivity index (χ4v) is 4.01. The van der Waals surface area contributed by atoms with Crippen molar-refractivity contribution in [2.75, 3.05) is 0 Å². The van der Waals surface area contributed by atoms with E-state index in [1.54, 1.807) is 12.1 Å². The van der Waals surface area contributed by atoms with Crippen LogP contribution in [-0.4, -0.2) is 15.2 Å². The van der Waals surface area contributed by atoms with E-state index in [0.29, 0.717) is 27.1 Å². The summed E-state index contributed by atoms with van der Waals surface area (Å²) in [6.07, 6.45) is -4.36. The van der Waals surface area contributed by atoms with Crippen LogP contribution in [0.3, 0.4) is 0 Å². The lowest BCUT2D eigenvalue weighted by atomic mass is 10.1. The second-order valence-electron chi connectivity index (χ2n) is 5.89. The van der Waals surface area contributed by atoms with Crippen LogP contribution in [-0.2, 0) is 11.9 Å². The molecule has 0 bridgehead atoms. The Balaban J connectivity index is 1.40. The molecule has 0 N–H and O–H groups in total. The molecule has 0 saturated carbocycles. The molecule has 0 aliphatic heterocycles. The molecule has 4 aromatic rings. The molecular formula is C19H11F4N3OS2. The summed E-state index contributed by atoms with van der Waals surface area (Å²) in [5.41, 5.74) is 1.29. The zero-order valence-corrected chi connectivity index (χ0v) is 16.1. The summed E-state index contributed by atoms with van der Waals surface area (Å²) >= 11 is 2.63. The molecule has 0 amide bonds. The van der Waals surface area contributed by atoms with Crippen LogP contribution < -0.4 is 0 Å². The van der Waals surface area contributed by atoms with Gasteiger partial charge in [-0.25, -0.2) is 9.37 Å². The predicted octanol–water partition coefficient (Wildman–Crippen LogP) is 6.31. The first-order valence-corrected chi connectivity index (χ1v) is 10.1. The van der Waals surface area contributed by atoms with Crippen molar-refractivity contribution in [3.8, 4) is 22.0 Å². The van der Waals surface area contributed by atoms with Crippen LogP contribution in [0.4, 0.5) is 17.6 Å². The van der Waals surface area contributed by atoms with Crippen molar-refractivity contribution in [1.29, 1.82) is 0 Å². The molecule has 0 saturated heterocycles. The number of aromatic nitrogens is 3. The number of nitrogens with zero attached hydrogens (tertiary/aromatic N) is 3. The molecule has 4 rings (SSSR count). The third-order valence-corrected chi connectivity index (χ3v) is 5.64. The molecule has 2 aromatic heterocycles. The van der Waals surface area contributed by atoms with E-state index in [4.69, 9.17) is 4.42 Å². The number of thiazole rings is 1. The highest BCUT2D eigenvalue weighted by Crippen LogP contribution is 2.33. The first-order chi connectivity index (χ1) is 13.9. The van der Waals surface area contributed by atoms with Crippen LogP contribution in [0.15, 0.2) is 63.6 Å². The molecule has 10 heteroatoms. The van der Waals surface area contributed by atoms with E-state index in [1.807, 2.05) is 5.38 Å². The number of rotatable bonds is 5. The highest BCUT2D eigenvalue weighted by Gasteiger charge is 2.30. The monoisotopic (exact) mass is 437 g/mol. The van der Waals surface area contributed by atoms with Gasteiger partial charge in [-0.3, -0.25) is 0 Å². The van der Waals surface area contributed by atoms with Crippen molar-refractivity contribution in [2.45, 2.75) is 17.2 Å². The van der Waals surface area contributed by atoms with E-state index < -0.39 is 11.7 Å². The van der Waals surface area contributed by atoms with Gasteiger partial charge < -0.3 is 4.42 Å². The molecule has 148 valence electrons. The third kappa shape index (κ3) is 4.65. The van der Waals surface area contributed by atoms with Gasteiger partial charge in [-0.2, -0.15) is 13.2 Å². The standard InChI is InChI=1S/C19H11F4N3OS2/c20-14-7-3-11(4-8-14)16-25-26-18(27-16)29-10-15-9-28-17(24-15)12-1-5-13(6-2-12)19(21,22)23/h1-9H,10H2. The minimum Gasteiger partial charge on any atom is -0.411 e. The maximum atomic E-state index is 13.0. The topological polar surface area (TPSA) is 51.8 Å². The molecule has 29 heavy (non-hydrogen) atoms. The van der Waals surface area contributed by atoms with Crippen molar-refractivity contribution in [3.63, 3.8) is 0 Å². The van der Waals surface area contributed by atoms with Crippen LogP contribution in [0.1, 0.15) is 11.3 Å². The molecule has 0 atom stereocenters. The summed E-state index contributed by atoms with van der Waals surface area (Å²) < 4.78 is 56.5. The van der Waals surface area contributed by atoms with Gasteiger partial charge in [0.2, 0.25) is 5.89 Å². The van der Waals surface area contributed by atoms with E-state index in [-0.39, 0.29) is 11.7 Å². The number of thioether (sulfide) groups is 1. The Labute approximate surface area is 170 Å². The van der Waals surface area contributed by atoms with E-state index >= 15 is 0 Å². The van der Waals surface area contributed by atoms with Gasteiger partial charge in [-0.15, -0.1) is 21.5 Å². The smallest absolute Gasteiger partial charge is 0.411 e. The van der Waals surface area contributed by atoms with Crippen molar-refractivity contribution >= 4 is 23.1 Å². The van der Waals surface area contributed by atoms with Gasteiger partial charge >= 0.3 is 6.18 Å². The molecule has 2 aromatic carbocycles. The largest absolute Gasteiger partial charge is 0.416 e. The lowest BCUT2D eigenvalue weighted by Gasteiger charge is -2.06. The summed E-state index contributed by atoms with van der Waals surface area (Å²) in [5, 5.41) is 10.7. The molecule has 2 heterocycles. The maximum Gasteiger partial charge on any atom is 0.416 e. The summed E-state index contributed by atoms with van der Waals surface area (Å²) in [6, 6.07) is 10.6. The number of alkyl halides is 3. The summed E-state index contributed by atoms with van der Waals surface area (Å²) in [6.45, 7) is 0. The quantitative estimate of drug-likeness (QED) is 0.271. The molecule has 0 spiro atoms. The van der Waals surface area contributed by atoms with E-state index in [2.05, 4.69) is 15.2 Å². The Morgan fingerprint density at radius 2 is 1.62 bits per heavy atom. The molecule has 0 unspecified atom stereocenters. The lowest BCUT2D eigenvalue weighted by molar-refractivity contribution is -0.137. The van der Waals surface area contributed by atoms with E-state index in [0.717, 1.165) is 17.8 Å². The maximum absolute atomic E-state index is 13.0. The zero-order valence-electron chi connectivity index (χ0n) is 14.5. The Morgan fingerprint density at radius 1 is 0.931 bits per heavy atom. The Kier molecular flexibility index (Phi) is 5.37. The molecular weight excluding hydrogens is 426 g/mol. The highest BCUT2D eigenvalue weighted by atomic mass is 32.2. The predicted molar refractivity (Wildman–Crippen MR) is 102 cm³/mol. The van der Waals surface area contributed by atoms with Crippen LogP contribution in [0, 0.1) is 5.82 Å². The van der Waals surface area contributed by atoms with Crippen molar-refractivity contribution in [1.82, 2.24) is 15.2 Å². The number of hydrogen-bond acceptors (Lipinski definition) is 6. The minimum absolute atomic E-state index is 0.288. The molecule has 0 aliphatic rings. The van der Waals surface area contributed by atoms with E-state index in [1.165, 1.54) is 47.4 Å². The van der Waals surface area contributed by atoms with Crippen molar-refractivity contribution in [3.05, 3.63) is 71.0 Å². The van der Waals surface area contributed by atoms with Crippen LogP contribution in [0.25, 0.3) is 22.0 Å². The fraction of sp³-hybridized carbons (Fsp3) is 0.105. The Morgan fingerprint density at radius 3 is 2.31 bits per heavy atom. The fourth-order valence-electron chi connectivity index (χ4n) is 2.42. The van der Waals surface area contributed by atoms with Gasteiger partial charge in [0.1, 0.15) is 10.8 Å². The average Bonchev–Trinajstić information content (AvgIpc) is 3.36. The molecule has 4 nitrogen and oxygen atoms in total. The van der Waals surface area contributed by atoms with Crippen molar-refractivity contribution < 1.29 is 22.0 Å². The van der Waals surface area contributed by atoms with Gasteiger partial charge in [0.25, 0.3) is 5.22 Å². The van der Waals surface area contributed by atoms with Gasteiger partial charge in [-0.1, -0.05) is 23.9 Å². The van der Waals surface area contributed by atoms with Crippen LogP contribution in [0.2, 0.25) is 0 Å². The molecule has 0 fully saturated rings. The first kappa shape index (κ1) is 19.6. The van der Waals surface area contributed by atoms with Crippen molar-refractivity contribution in [2.24, 2.45) is 0 Å². The van der Waals surface area contributed by atoms with Gasteiger partial charge in [0.05, 0.1) is 11.3 Å². The molecule has 0 aliphatic carbocycles. The second kappa shape index (κ2) is 7.96.